The zero-order valence-electron chi connectivity index (χ0n) is 7.68. The van der Waals surface area contributed by atoms with Crippen LogP contribution in [0.5, 0.6) is 0 Å². The molecule has 2 aromatic rings. The zero-order chi connectivity index (χ0) is 9.80. The van der Waals surface area contributed by atoms with Gasteiger partial charge in [-0.15, -0.1) is 11.3 Å². The Hall–Kier alpha value is -1.42. The van der Waals surface area contributed by atoms with E-state index in [1.165, 1.54) is 16.9 Å². The first-order chi connectivity index (χ1) is 6.84. The molecule has 0 fully saturated rings. The first-order valence-corrected chi connectivity index (χ1v) is 5.31. The van der Waals surface area contributed by atoms with E-state index in [0.717, 1.165) is 18.5 Å². The maximum atomic E-state index is 5.54. The van der Waals surface area contributed by atoms with Crippen molar-refractivity contribution in [2.75, 3.05) is 5.73 Å². The highest BCUT2D eigenvalue weighted by Gasteiger charge is 1.99. The van der Waals surface area contributed by atoms with Gasteiger partial charge in [-0.1, -0.05) is 6.07 Å². The van der Waals surface area contributed by atoms with Crippen LogP contribution in [-0.4, -0.2) is 9.97 Å². The zero-order valence-corrected chi connectivity index (χ0v) is 8.50. The summed E-state index contributed by atoms with van der Waals surface area (Å²) in [5.74, 6) is 0. The number of anilines is 1. The maximum absolute atomic E-state index is 5.54. The van der Waals surface area contributed by atoms with Crippen LogP contribution in [0.3, 0.4) is 0 Å². The van der Waals surface area contributed by atoms with Gasteiger partial charge in [0.05, 0.1) is 5.69 Å². The summed E-state index contributed by atoms with van der Waals surface area (Å²) in [6.07, 6.45) is 5.57. The van der Waals surface area contributed by atoms with Crippen molar-refractivity contribution in [2.45, 2.75) is 12.8 Å². The van der Waals surface area contributed by atoms with Crippen LogP contribution in [0.4, 0.5) is 5.13 Å². The highest BCUT2D eigenvalue weighted by Crippen LogP contribution is 2.13. The average molecular weight is 205 g/mol. The summed E-state index contributed by atoms with van der Waals surface area (Å²) in [4.78, 5) is 8.26. The van der Waals surface area contributed by atoms with Crippen LogP contribution in [0.1, 0.15) is 11.3 Å². The van der Waals surface area contributed by atoms with Crippen molar-refractivity contribution in [2.24, 2.45) is 0 Å². The van der Waals surface area contributed by atoms with Crippen LogP contribution >= 0.6 is 11.3 Å². The van der Waals surface area contributed by atoms with Gasteiger partial charge in [0, 0.05) is 17.8 Å². The van der Waals surface area contributed by atoms with Gasteiger partial charge in [0.25, 0.3) is 0 Å². The Bertz CT molecular complexity index is 397. The fourth-order valence-corrected chi connectivity index (χ4v) is 1.85. The lowest BCUT2D eigenvalue weighted by Gasteiger charge is -1.97. The number of rotatable bonds is 3. The summed E-state index contributed by atoms with van der Waals surface area (Å²) in [5, 5.41) is 2.65. The molecule has 2 aromatic heterocycles. The topological polar surface area (TPSA) is 51.8 Å². The molecule has 4 heteroatoms. The van der Waals surface area contributed by atoms with Crippen molar-refractivity contribution in [3.63, 3.8) is 0 Å². The Kier molecular flexibility index (Phi) is 2.74. The van der Waals surface area contributed by atoms with Gasteiger partial charge in [-0.25, -0.2) is 4.98 Å². The molecule has 0 saturated carbocycles. The molecule has 0 atom stereocenters. The normalized spacial score (nSPS) is 10.3. The molecule has 0 spiro atoms. The van der Waals surface area contributed by atoms with Crippen molar-refractivity contribution in [3.05, 3.63) is 41.2 Å². The van der Waals surface area contributed by atoms with Gasteiger partial charge >= 0.3 is 0 Å². The lowest BCUT2D eigenvalue weighted by Crippen LogP contribution is -1.92. The van der Waals surface area contributed by atoms with Gasteiger partial charge in [0.15, 0.2) is 5.13 Å². The number of pyridine rings is 1. The SMILES string of the molecule is Nc1nc(CCc2cccnc2)cs1. The third kappa shape index (κ3) is 2.29. The quantitative estimate of drug-likeness (QED) is 0.832. The monoisotopic (exact) mass is 205 g/mol. The molecule has 0 aliphatic rings. The standard InChI is InChI=1S/C10H11N3S/c11-10-13-9(7-14-10)4-3-8-2-1-5-12-6-8/h1-2,5-7H,3-4H2,(H2,11,13). The van der Waals surface area contributed by atoms with E-state index in [4.69, 9.17) is 5.73 Å². The highest BCUT2D eigenvalue weighted by atomic mass is 32.1. The molecule has 0 unspecified atom stereocenters. The Morgan fingerprint density at radius 1 is 1.36 bits per heavy atom. The van der Waals surface area contributed by atoms with E-state index in [9.17, 15) is 0 Å². The Balaban J connectivity index is 1.95. The predicted octanol–water partition coefficient (Wildman–Crippen LogP) is 1.91. The molecule has 72 valence electrons. The molecule has 0 saturated heterocycles. The fraction of sp³-hybridized carbons (Fsp3) is 0.200. The molecular formula is C10H11N3S. The molecular weight excluding hydrogens is 194 g/mol. The van der Waals surface area contributed by atoms with Crippen LogP contribution < -0.4 is 5.73 Å². The molecule has 3 nitrogen and oxygen atoms in total. The molecule has 0 bridgehead atoms. The number of nitrogens with two attached hydrogens (primary N) is 1. The minimum absolute atomic E-state index is 0.645. The molecule has 2 heterocycles. The summed E-state index contributed by atoms with van der Waals surface area (Å²) in [5.41, 5.74) is 7.84. The summed E-state index contributed by atoms with van der Waals surface area (Å²) in [6.45, 7) is 0. The molecule has 0 aromatic carbocycles. The summed E-state index contributed by atoms with van der Waals surface area (Å²) in [7, 11) is 0. The van der Waals surface area contributed by atoms with Gasteiger partial charge in [-0.2, -0.15) is 0 Å². The number of nitrogens with zero attached hydrogens (tertiary/aromatic N) is 2. The molecule has 2 rings (SSSR count). The third-order valence-corrected chi connectivity index (χ3v) is 2.68. The second kappa shape index (κ2) is 4.19. The van der Waals surface area contributed by atoms with Crippen LogP contribution in [0.25, 0.3) is 0 Å². The average Bonchev–Trinajstić information content (AvgIpc) is 2.63. The van der Waals surface area contributed by atoms with Gasteiger partial charge in [0.1, 0.15) is 0 Å². The summed E-state index contributed by atoms with van der Waals surface area (Å²) >= 11 is 1.49. The number of thiazole rings is 1. The van der Waals surface area contributed by atoms with Crippen molar-refractivity contribution in [1.82, 2.24) is 9.97 Å². The lowest BCUT2D eigenvalue weighted by atomic mass is 10.1. The number of hydrogen-bond donors (Lipinski definition) is 1. The van der Waals surface area contributed by atoms with E-state index in [1.807, 2.05) is 17.6 Å². The van der Waals surface area contributed by atoms with Crippen molar-refractivity contribution in [1.29, 1.82) is 0 Å². The Morgan fingerprint density at radius 2 is 2.29 bits per heavy atom. The van der Waals surface area contributed by atoms with Crippen LogP contribution in [-0.2, 0) is 12.8 Å². The smallest absolute Gasteiger partial charge is 0.180 e. The van der Waals surface area contributed by atoms with Crippen LogP contribution in [0.15, 0.2) is 29.9 Å². The highest BCUT2D eigenvalue weighted by molar-refractivity contribution is 7.13. The first-order valence-electron chi connectivity index (χ1n) is 4.43. The maximum Gasteiger partial charge on any atom is 0.180 e. The lowest BCUT2D eigenvalue weighted by molar-refractivity contribution is 0.920. The number of hydrogen-bond acceptors (Lipinski definition) is 4. The van der Waals surface area contributed by atoms with Gasteiger partial charge in [-0.05, 0) is 24.5 Å². The predicted molar refractivity (Wildman–Crippen MR) is 58.2 cm³/mol. The Morgan fingerprint density at radius 3 is 2.93 bits per heavy atom. The van der Waals surface area contributed by atoms with E-state index in [-0.39, 0.29) is 0 Å². The van der Waals surface area contributed by atoms with Crippen molar-refractivity contribution in [3.8, 4) is 0 Å². The fourth-order valence-electron chi connectivity index (χ4n) is 1.26. The minimum Gasteiger partial charge on any atom is -0.375 e. The van der Waals surface area contributed by atoms with Gasteiger partial charge in [-0.3, -0.25) is 4.98 Å². The number of nitrogen functional groups attached to an aromatic ring is 1. The molecule has 14 heavy (non-hydrogen) atoms. The summed E-state index contributed by atoms with van der Waals surface area (Å²) in [6, 6.07) is 4.02. The molecule has 0 radical (unpaired) electrons. The second-order valence-corrected chi connectivity index (χ2v) is 3.93. The Labute approximate surface area is 86.6 Å². The molecule has 0 aliphatic heterocycles. The van der Waals surface area contributed by atoms with Gasteiger partial charge < -0.3 is 5.73 Å². The minimum atomic E-state index is 0.645. The second-order valence-electron chi connectivity index (χ2n) is 3.04. The molecule has 0 aliphatic carbocycles. The number of aryl methyl sites for hydroxylation is 2. The van der Waals surface area contributed by atoms with Crippen molar-refractivity contribution >= 4 is 16.5 Å². The van der Waals surface area contributed by atoms with E-state index >= 15 is 0 Å². The third-order valence-electron chi connectivity index (χ3n) is 1.96. The van der Waals surface area contributed by atoms with Gasteiger partial charge in [0.2, 0.25) is 0 Å². The van der Waals surface area contributed by atoms with E-state index < -0.39 is 0 Å². The first kappa shape index (κ1) is 9.15. The van der Waals surface area contributed by atoms with E-state index in [2.05, 4.69) is 16.0 Å². The van der Waals surface area contributed by atoms with E-state index in [1.54, 1.807) is 6.20 Å². The largest absolute Gasteiger partial charge is 0.375 e. The van der Waals surface area contributed by atoms with Crippen LogP contribution in [0, 0.1) is 0 Å². The van der Waals surface area contributed by atoms with Crippen LogP contribution in [0.2, 0.25) is 0 Å². The number of aromatic nitrogens is 2. The molecule has 2 N–H and O–H groups in total. The summed E-state index contributed by atoms with van der Waals surface area (Å²) < 4.78 is 0. The van der Waals surface area contributed by atoms with Crippen molar-refractivity contribution < 1.29 is 0 Å². The molecule has 0 amide bonds. The van der Waals surface area contributed by atoms with E-state index in [0.29, 0.717) is 5.13 Å².